The highest BCUT2D eigenvalue weighted by atomic mass is 35.5. The Hall–Kier alpha value is -0.580. The summed E-state index contributed by atoms with van der Waals surface area (Å²) in [5.41, 5.74) is 1.07. The lowest BCUT2D eigenvalue weighted by atomic mass is 9.99. The number of aromatic nitrogens is 2. The second-order valence-electron chi connectivity index (χ2n) is 5.75. The Morgan fingerprint density at radius 1 is 1.50 bits per heavy atom. The maximum atomic E-state index is 6.40. The molecule has 0 radical (unpaired) electrons. The van der Waals surface area contributed by atoms with Crippen molar-refractivity contribution in [2.24, 2.45) is 0 Å². The van der Waals surface area contributed by atoms with E-state index in [2.05, 4.69) is 31.2 Å². The molecule has 1 aromatic heterocycles. The zero-order valence-electron chi connectivity index (χ0n) is 12.7. The van der Waals surface area contributed by atoms with Crippen LogP contribution in [0.5, 0.6) is 0 Å². The molecule has 2 rings (SSSR count). The van der Waals surface area contributed by atoms with Gasteiger partial charge in [-0.2, -0.15) is 5.10 Å². The van der Waals surface area contributed by atoms with E-state index in [0.29, 0.717) is 6.04 Å². The lowest BCUT2D eigenvalue weighted by Gasteiger charge is -2.32. The van der Waals surface area contributed by atoms with Crippen LogP contribution in [0, 0.1) is 0 Å². The van der Waals surface area contributed by atoms with E-state index in [1.54, 1.807) is 6.20 Å². The van der Waals surface area contributed by atoms with Crippen molar-refractivity contribution < 1.29 is 4.74 Å². The molecule has 1 aliphatic heterocycles. The van der Waals surface area contributed by atoms with Gasteiger partial charge in [0.1, 0.15) is 0 Å². The summed E-state index contributed by atoms with van der Waals surface area (Å²) in [4.78, 5) is 0. The molecular formula is C15H26ClN3O. The summed E-state index contributed by atoms with van der Waals surface area (Å²) in [6, 6.07) is 0.430. The molecule has 0 bridgehead atoms. The van der Waals surface area contributed by atoms with Crippen LogP contribution in [0.15, 0.2) is 6.20 Å². The standard InChI is InChI=1S/C15H26ClN3O/c1-4-8-17-14(13-7-5-6-9-20-13)15-12(16)10-18-19(15)11(2)3/h10-11,13-14,17H,4-9H2,1-3H3. The summed E-state index contributed by atoms with van der Waals surface area (Å²) < 4.78 is 8.01. The van der Waals surface area contributed by atoms with Crippen molar-refractivity contribution in [1.29, 1.82) is 0 Å². The first-order valence-corrected chi connectivity index (χ1v) is 8.10. The van der Waals surface area contributed by atoms with Crippen LogP contribution in [0.1, 0.15) is 64.2 Å². The fraction of sp³-hybridized carbons (Fsp3) is 0.800. The smallest absolute Gasteiger partial charge is 0.0835 e. The molecule has 1 aromatic rings. The number of ether oxygens (including phenoxy) is 1. The van der Waals surface area contributed by atoms with Crippen LogP contribution >= 0.6 is 11.6 Å². The Balaban J connectivity index is 2.27. The summed E-state index contributed by atoms with van der Waals surface area (Å²) >= 11 is 6.40. The first-order valence-electron chi connectivity index (χ1n) is 7.73. The minimum absolute atomic E-state index is 0.132. The van der Waals surface area contributed by atoms with E-state index >= 15 is 0 Å². The molecule has 2 unspecified atom stereocenters. The Morgan fingerprint density at radius 2 is 2.30 bits per heavy atom. The van der Waals surface area contributed by atoms with Gasteiger partial charge in [0, 0.05) is 12.6 Å². The van der Waals surface area contributed by atoms with E-state index in [1.165, 1.54) is 6.42 Å². The lowest BCUT2D eigenvalue weighted by Crippen LogP contribution is -2.38. The van der Waals surface area contributed by atoms with Crippen molar-refractivity contribution in [3.05, 3.63) is 16.9 Å². The topological polar surface area (TPSA) is 39.1 Å². The van der Waals surface area contributed by atoms with Crippen molar-refractivity contribution >= 4 is 11.6 Å². The van der Waals surface area contributed by atoms with Gasteiger partial charge >= 0.3 is 0 Å². The molecule has 0 aliphatic carbocycles. The molecule has 5 heteroatoms. The van der Waals surface area contributed by atoms with Gasteiger partial charge in [-0.3, -0.25) is 4.68 Å². The Kier molecular flexibility index (Phi) is 5.87. The fourth-order valence-electron chi connectivity index (χ4n) is 2.79. The molecule has 2 heterocycles. The van der Waals surface area contributed by atoms with Crippen LogP contribution in [0.25, 0.3) is 0 Å². The quantitative estimate of drug-likeness (QED) is 0.870. The molecule has 2 atom stereocenters. The van der Waals surface area contributed by atoms with Crippen molar-refractivity contribution in [3.8, 4) is 0 Å². The zero-order chi connectivity index (χ0) is 14.5. The summed E-state index contributed by atoms with van der Waals surface area (Å²) in [5.74, 6) is 0. The van der Waals surface area contributed by atoms with Gasteiger partial charge in [-0.1, -0.05) is 18.5 Å². The maximum absolute atomic E-state index is 6.40. The molecule has 1 aliphatic rings. The average molecular weight is 300 g/mol. The third kappa shape index (κ3) is 3.54. The monoisotopic (exact) mass is 299 g/mol. The first kappa shape index (κ1) is 15.8. The van der Waals surface area contributed by atoms with Crippen LogP contribution < -0.4 is 5.32 Å². The lowest BCUT2D eigenvalue weighted by molar-refractivity contribution is -0.0101. The molecule has 1 saturated heterocycles. The zero-order valence-corrected chi connectivity index (χ0v) is 13.5. The normalized spacial score (nSPS) is 21.4. The number of rotatable bonds is 6. The van der Waals surface area contributed by atoms with Gasteiger partial charge in [-0.25, -0.2) is 0 Å². The van der Waals surface area contributed by atoms with Crippen molar-refractivity contribution in [3.63, 3.8) is 0 Å². The van der Waals surface area contributed by atoms with Gasteiger partial charge < -0.3 is 10.1 Å². The van der Waals surface area contributed by atoms with Crippen LogP contribution in [0.2, 0.25) is 5.02 Å². The van der Waals surface area contributed by atoms with E-state index in [4.69, 9.17) is 16.3 Å². The van der Waals surface area contributed by atoms with Crippen molar-refractivity contribution in [2.45, 2.75) is 64.6 Å². The minimum atomic E-state index is 0.132. The number of nitrogens with one attached hydrogen (secondary N) is 1. The van der Waals surface area contributed by atoms with E-state index in [9.17, 15) is 0 Å². The molecule has 1 N–H and O–H groups in total. The number of nitrogens with zero attached hydrogens (tertiary/aromatic N) is 2. The highest BCUT2D eigenvalue weighted by Crippen LogP contribution is 2.32. The van der Waals surface area contributed by atoms with Gasteiger partial charge in [0.05, 0.1) is 29.1 Å². The number of hydrogen-bond donors (Lipinski definition) is 1. The van der Waals surface area contributed by atoms with Gasteiger partial charge in [0.25, 0.3) is 0 Å². The van der Waals surface area contributed by atoms with Crippen molar-refractivity contribution in [2.75, 3.05) is 13.2 Å². The molecule has 0 amide bonds. The average Bonchev–Trinajstić information content (AvgIpc) is 2.83. The van der Waals surface area contributed by atoms with E-state index in [1.807, 2.05) is 4.68 Å². The second kappa shape index (κ2) is 7.43. The van der Waals surface area contributed by atoms with Gasteiger partial charge in [-0.15, -0.1) is 0 Å². The van der Waals surface area contributed by atoms with E-state index in [0.717, 1.165) is 43.1 Å². The van der Waals surface area contributed by atoms with Gasteiger partial charge in [-0.05, 0) is 46.1 Å². The first-order chi connectivity index (χ1) is 9.65. The number of halogens is 1. The Labute approximate surface area is 126 Å². The molecular weight excluding hydrogens is 274 g/mol. The highest BCUT2D eigenvalue weighted by Gasteiger charge is 2.30. The third-order valence-corrected chi connectivity index (χ3v) is 4.06. The number of hydrogen-bond acceptors (Lipinski definition) is 3. The molecule has 4 nitrogen and oxygen atoms in total. The summed E-state index contributed by atoms with van der Waals surface area (Å²) in [5, 5.41) is 8.77. The van der Waals surface area contributed by atoms with Crippen LogP contribution in [0.3, 0.4) is 0 Å². The summed E-state index contributed by atoms with van der Waals surface area (Å²) in [6.07, 6.45) is 6.51. The maximum Gasteiger partial charge on any atom is 0.0835 e. The van der Waals surface area contributed by atoms with Crippen molar-refractivity contribution in [1.82, 2.24) is 15.1 Å². The summed E-state index contributed by atoms with van der Waals surface area (Å²) in [6.45, 7) is 8.25. The van der Waals surface area contributed by atoms with Crippen LogP contribution in [0.4, 0.5) is 0 Å². The second-order valence-corrected chi connectivity index (χ2v) is 6.16. The molecule has 0 saturated carbocycles. The third-order valence-electron chi connectivity index (χ3n) is 3.77. The molecule has 0 spiro atoms. The van der Waals surface area contributed by atoms with E-state index in [-0.39, 0.29) is 12.1 Å². The Morgan fingerprint density at radius 3 is 2.90 bits per heavy atom. The fourth-order valence-corrected chi connectivity index (χ4v) is 3.03. The van der Waals surface area contributed by atoms with Crippen LogP contribution in [-0.4, -0.2) is 29.0 Å². The van der Waals surface area contributed by atoms with Gasteiger partial charge in [0.15, 0.2) is 0 Å². The SMILES string of the molecule is CCCNC(c1c(Cl)cnn1C(C)C)C1CCCCO1. The highest BCUT2D eigenvalue weighted by molar-refractivity contribution is 6.31. The summed E-state index contributed by atoms with van der Waals surface area (Å²) in [7, 11) is 0. The predicted octanol–water partition coefficient (Wildman–Crippen LogP) is 3.73. The molecule has 20 heavy (non-hydrogen) atoms. The predicted molar refractivity (Wildman–Crippen MR) is 82.2 cm³/mol. The largest absolute Gasteiger partial charge is 0.376 e. The molecule has 0 aromatic carbocycles. The van der Waals surface area contributed by atoms with Gasteiger partial charge in [0.2, 0.25) is 0 Å². The minimum Gasteiger partial charge on any atom is -0.376 e. The Bertz CT molecular complexity index is 413. The van der Waals surface area contributed by atoms with E-state index < -0.39 is 0 Å². The van der Waals surface area contributed by atoms with Crippen LogP contribution in [-0.2, 0) is 4.74 Å². The molecule has 114 valence electrons. The molecule has 1 fully saturated rings.